The molecule has 1 aromatic heterocycles. The second kappa shape index (κ2) is 4.26. The Kier molecular flexibility index (Phi) is 2.80. The molecule has 0 saturated carbocycles. The lowest BCUT2D eigenvalue weighted by Crippen LogP contribution is -2.39. The number of carbonyl (C=O) groups excluding carboxylic acids is 1. The van der Waals surface area contributed by atoms with Gasteiger partial charge in [-0.3, -0.25) is 0 Å². The lowest BCUT2D eigenvalue weighted by molar-refractivity contribution is 0.0659. The Balaban J connectivity index is 1.93. The van der Waals surface area contributed by atoms with E-state index in [0.29, 0.717) is 25.3 Å². The highest BCUT2D eigenvalue weighted by Gasteiger charge is 2.21. The van der Waals surface area contributed by atoms with E-state index >= 15 is 0 Å². The van der Waals surface area contributed by atoms with Crippen LogP contribution < -0.4 is 5.32 Å². The van der Waals surface area contributed by atoms with Crippen molar-refractivity contribution in [2.24, 2.45) is 5.92 Å². The van der Waals surface area contributed by atoms with Crippen molar-refractivity contribution in [2.45, 2.75) is 6.42 Å². The van der Waals surface area contributed by atoms with E-state index in [9.17, 15) is 9.59 Å². The van der Waals surface area contributed by atoms with Gasteiger partial charge in [-0.2, -0.15) is 0 Å². The van der Waals surface area contributed by atoms with Crippen LogP contribution in [0, 0.1) is 5.92 Å². The smallest absolute Gasteiger partial charge is 0.407 e. The number of ether oxygens (including phenoxy) is 1. The summed E-state index contributed by atoms with van der Waals surface area (Å²) in [7, 11) is 0. The fraction of sp³-hybridized carbons (Fsp3) is 0.400. The summed E-state index contributed by atoms with van der Waals surface area (Å²) in [4.78, 5) is 21.3. The monoisotopic (exact) mass is 225 g/mol. The Morgan fingerprint density at radius 3 is 2.94 bits per heavy atom. The van der Waals surface area contributed by atoms with Gasteiger partial charge in [0.2, 0.25) is 5.76 Å². The zero-order valence-corrected chi connectivity index (χ0v) is 8.43. The summed E-state index contributed by atoms with van der Waals surface area (Å²) in [5.74, 6) is -0.456. The second-order valence-electron chi connectivity index (χ2n) is 3.62. The molecule has 6 heteroatoms. The first kappa shape index (κ1) is 10.5. The Labute approximate surface area is 91.2 Å². The molecular weight excluding hydrogens is 214 g/mol. The summed E-state index contributed by atoms with van der Waals surface area (Å²) in [6, 6.07) is 3.04. The quantitative estimate of drug-likeness (QED) is 0.796. The fourth-order valence-corrected chi connectivity index (χ4v) is 1.55. The van der Waals surface area contributed by atoms with Gasteiger partial charge >= 0.3 is 12.1 Å². The van der Waals surface area contributed by atoms with Gasteiger partial charge in [-0.05, 0) is 12.1 Å². The van der Waals surface area contributed by atoms with Crippen molar-refractivity contribution >= 4 is 12.1 Å². The van der Waals surface area contributed by atoms with Crippen molar-refractivity contribution in [3.05, 3.63) is 23.7 Å². The molecule has 1 aromatic rings. The highest BCUT2D eigenvalue weighted by atomic mass is 16.6. The summed E-state index contributed by atoms with van der Waals surface area (Å²) in [6.07, 6.45) is 0.134. The van der Waals surface area contributed by atoms with Crippen LogP contribution in [0.15, 0.2) is 16.5 Å². The molecule has 1 fully saturated rings. The van der Waals surface area contributed by atoms with Crippen molar-refractivity contribution in [1.29, 1.82) is 0 Å². The summed E-state index contributed by atoms with van der Waals surface area (Å²) in [5, 5.41) is 11.2. The van der Waals surface area contributed by atoms with Crippen LogP contribution in [0.5, 0.6) is 0 Å². The van der Waals surface area contributed by atoms with Gasteiger partial charge in [0.15, 0.2) is 0 Å². The van der Waals surface area contributed by atoms with Crippen LogP contribution in [-0.4, -0.2) is 30.3 Å². The van der Waals surface area contributed by atoms with Gasteiger partial charge in [-0.15, -0.1) is 0 Å². The van der Waals surface area contributed by atoms with E-state index in [1.807, 2.05) is 0 Å². The molecule has 2 heterocycles. The lowest BCUT2D eigenvalue weighted by Gasteiger charge is -2.21. The number of alkyl carbamates (subject to hydrolysis) is 1. The number of hydrogen-bond acceptors (Lipinski definition) is 4. The standard InChI is InChI=1S/C10H11NO5/c12-9(13)8-2-1-7(16-8)3-6-4-11-10(14)15-5-6/h1-2,6H,3-5H2,(H,11,14)(H,12,13)/t6-/m1/s1. The number of amides is 1. The number of rotatable bonds is 3. The summed E-state index contributed by atoms with van der Waals surface area (Å²) in [6.45, 7) is 0.844. The molecule has 0 spiro atoms. The molecule has 86 valence electrons. The second-order valence-corrected chi connectivity index (χ2v) is 3.62. The normalized spacial score (nSPS) is 20.0. The van der Waals surface area contributed by atoms with Crippen molar-refractivity contribution in [3.8, 4) is 0 Å². The van der Waals surface area contributed by atoms with E-state index in [-0.39, 0.29) is 11.7 Å². The first-order valence-electron chi connectivity index (χ1n) is 4.88. The maximum atomic E-state index is 10.7. The van der Waals surface area contributed by atoms with Crippen molar-refractivity contribution in [3.63, 3.8) is 0 Å². The highest BCUT2D eigenvalue weighted by Crippen LogP contribution is 2.14. The van der Waals surface area contributed by atoms with E-state index in [0.717, 1.165) is 0 Å². The molecule has 1 saturated heterocycles. The molecule has 0 aliphatic carbocycles. The number of carbonyl (C=O) groups is 2. The third-order valence-electron chi connectivity index (χ3n) is 2.35. The summed E-state index contributed by atoms with van der Waals surface area (Å²) < 4.78 is 9.92. The van der Waals surface area contributed by atoms with E-state index in [1.165, 1.54) is 6.07 Å². The SMILES string of the molecule is O=C1NC[C@@H](Cc2ccc(C(=O)O)o2)CO1. The Morgan fingerprint density at radius 2 is 2.38 bits per heavy atom. The van der Waals surface area contributed by atoms with Gasteiger partial charge in [-0.25, -0.2) is 9.59 Å². The van der Waals surface area contributed by atoms with Gasteiger partial charge < -0.3 is 19.6 Å². The Bertz CT molecular complexity index is 401. The molecule has 1 atom stereocenters. The average Bonchev–Trinajstić information content (AvgIpc) is 2.70. The van der Waals surface area contributed by atoms with Gasteiger partial charge in [0.05, 0.1) is 6.61 Å². The van der Waals surface area contributed by atoms with Gasteiger partial charge in [0.25, 0.3) is 0 Å². The van der Waals surface area contributed by atoms with Crippen LogP contribution in [-0.2, 0) is 11.2 Å². The fourth-order valence-electron chi connectivity index (χ4n) is 1.55. The number of hydrogen-bond donors (Lipinski definition) is 2. The maximum absolute atomic E-state index is 10.7. The van der Waals surface area contributed by atoms with E-state index < -0.39 is 12.1 Å². The van der Waals surface area contributed by atoms with Crippen LogP contribution in [0.1, 0.15) is 16.3 Å². The first-order chi connectivity index (χ1) is 7.65. The molecule has 0 bridgehead atoms. The van der Waals surface area contributed by atoms with Crippen molar-refractivity contribution in [1.82, 2.24) is 5.32 Å². The number of carboxylic acids is 1. The molecule has 16 heavy (non-hydrogen) atoms. The van der Waals surface area contributed by atoms with Gasteiger partial charge in [-0.1, -0.05) is 0 Å². The van der Waals surface area contributed by atoms with E-state index in [2.05, 4.69) is 5.32 Å². The molecule has 2 N–H and O–H groups in total. The number of carboxylic acid groups (broad SMARTS) is 1. The largest absolute Gasteiger partial charge is 0.475 e. The molecule has 2 rings (SSSR count). The predicted molar refractivity (Wildman–Crippen MR) is 52.2 cm³/mol. The topological polar surface area (TPSA) is 88.8 Å². The minimum absolute atomic E-state index is 0.0734. The minimum atomic E-state index is -1.08. The van der Waals surface area contributed by atoms with Crippen LogP contribution in [0.25, 0.3) is 0 Å². The Hall–Kier alpha value is -1.98. The van der Waals surface area contributed by atoms with Gasteiger partial charge in [0, 0.05) is 18.9 Å². The zero-order chi connectivity index (χ0) is 11.5. The van der Waals surface area contributed by atoms with Crippen LogP contribution in [0.2, 0.25) is 0 Å². The zero-order valence-electron chi connectivity index (χ0n) is 8.43. The number of nitrogens with one attached hydrogen (secondary N) is 1. The van der Waals surface area contributed by atoms with E-state index in [4.69, 9.17) is 14.3 Å². The Morgan fingerprint density at radius 1 is 1.56 bits per heavy atom. The number of aromatic carboxylic acids is 1. The van der Waals surface area contributed by atoms with Crippen LogP contribution >= 0.6 is 0 Å². The average molecular weight is 225 g/mol. The van der Waals surface area contributed by atoms with Crippen molar-refractivity contribution in [2.75, 3.05) is 13.2 Å². The molecule has 1 aliphatic heterocycles. The number of cyclic esters (lactones) is 1. The third kappa shape index (κ3) is 2.33. The van der Waals surface area contributed by atoms with Crippen LogP contribution in [0.4, 0.5) is 4.79 Å². The molecule has 6 nitrogen and oxygen atoms in total. The van der Waals surface area contributed by atoms with Gasteiger partial charge in [0.1, 0.15) is 5.76 Å². The molecule has 1 aliphatic rings. The first-order valence-corrected chi connectivity index (χ1v) is 4.88. The molecule has 0 radical (unpaired) electrons. The minimum Gasteiger partial charge on any atom is -0.475 e. The molecule has 0 aromatic carbocycles. The lowest BCUT2D eigenvalue weighted by atomic mass is 10.0. The molecular formula is C10H11NO5. The maximum Gasteiger partial charge on any atom is 0.407 e. The molecule has 0 unspecified atom stereocenters. The van der Waals surface area contributed by atoms with Crippen molar-refractivity contribution < 1.29 is 23.8 Å². The van der Waals surface area contributed by atoms with E-state index in [1.54, 1.807) is 6.07 Å². The summed E-state index contributed by atoms with van der Waals surface area (Å²) >= 11 is 0. The van der Waals surface area contributed by atoms with Crippen LogP contribution in [0.3, 0.4) is 0 Å². The predicted octanol–water partition coefficient (Wildman–Crippen LogP) is 0.876. The highest BCUT2D eigenvalue weighted by molar-refractivity contribution is 5.84. The summed E-state index contributed by atoms with van der Waals surface area (Å²) in [5.41, 5.74) is 0. The third-order valence-corrected chi connectivity index (χ3v) is 2.35. The molecule has 1 amide bonds. The number of furan rings is 1.